The second-order valence-corrected chi connectivity index (χ2v) is 4.24. The second kappa shape index (κ2) is 4.84. The second-order valence-electron chi connectivity index (χ2n) is 3.90. The van der Waals surface area contributed by atoms with E-state index >= 15 is 0 Å². The number of nitrogens with two attached hydrogens (primary N) is 1. The molecule has 2 unspecified atom stereocenters. The standard InChI is InChI=1S/C10H15ClN4O/c1-16-8-4-2-3-7(8)14-9-6(12)5-13-10(11)15-9/h5,7-8H,2-4,12H2,1H3,(H,13,14,15). The molecule has 2 atom stereocenters. The van der Waals surface area contributed by atoms with Gasteiger partial charge in [0.2, 0.25) is 5.28 Å². The summed E-state index contributed by atoms with van der Waals surface area (Å²) in [6, 6.07) is 0.248. The van der Waals surface area contributed by atoms with Gasteiger partial charge in [0.25, 0.3) is 0 Å². The minimum atomic E-state index is 0.198. The van der Waals surface area contributed by atoms with E-state index < -0.39 is 0 Å². The molecular weight excluding hydrogens is 228 g/mol. The summed E-state index contributed by atoms with van der Waals surface area (Å²) in [5.74, 6) is 0.592. The topological polar surface area (TPSA) is 73.1 Å². The number of ether oxygens (including phenoxy) is 1. The first-order valence-corrected chi connectivity index (χ1v) is 5.66. The lowest BCUT2D eigenvalue weighted by Gasteiger charge is -2.20. The van der Waals surface area contributed by atoms with Crippen LogP contribution >= 0.6 is 11.6 Å². The van der Waals surface area contributed by atoms with Crippen molar-refractivity contribution in [3.05, 3.63) is 11.5 Å². The predicted octanol–water partition coefficient (Wildman–Crippen LogP) is 1.69. The lowest BCUT2D eigenvalue weighted by molar-refractivity contribution is 0.101. The fourth-order valence-corrected chi connectivity index (χ4v) is 2.17. The van der Waals surface area contributed by atoms with Crippen LogP contribution in [0.3, 0.4) is 0 Å². The third-order valence-corrected chi connectivity index (χ3v) is 3.05. The number of nitrogens with one attached hydrogen (secondary N) is 1. The third kappa shape index (κ3) is 2.36. The number of hydrogen-bond donors (Lipinski definition) is 2. The van der Waals surface area contributed by atoms with E-state index in [1.165, 1.54) is 6.20 Å². The van der Waals surface area contributed by atoms with E-state index in [0.29, 0.717) is 11.5 Å². The zero-order chi connectivity index (χ0) is 11.5. The van der Waals surface area contributed by atoms with Gasteiger partial charge in [-0.15, -0.1) is 0 Å². The normalized spacial score (nSPS) is 24.6. The van der Waals surface area contributed by atoms with Crippen molar-refractivity contribution in [3.8, 4) is 0 Å². The van der Waals surface area contributed by atoms with Crippen LogP contribution in [0.25, 0.3) is 0 Å². The molecule has 0 saturated heterocycles. The number of nitrogens with zero attached hydrogens (tertiary/aromatic N) is 2. The number of aromatic nitrogens is 2. The molecule has 0 bridgehead atoms. The largest absolute Gasteiger partial charge is 0.394 e. The number of hydrogen-bond acceptors (Lipinski definition) is 5. The maximum Gasteiger partial charge on any atom is 0.224 e. The number of methoxy groups -OCH3 is 1. The Balaban J connectivity index is 2.11. The van der Waals surface area contributed by atoms with E-state index in [1.807, 2.05) is 0 Å². The molecule has 0 spiro atoms. The molecule has 88 valence electrons. The molecule has 2 rings (SSSR count). The average molecular weight is 243 g/mol. The van der Waals surface area contributed by atoms with Gasteiger partial charge in [0.15, 0.2) is 5.82 Å². The van der Waals surface area contributed by atoms with Crippen LogP contribution in [-0.4, -0.2) is 29.2 Å². The van der Waals surface area contributed by atoms with E-state index in [1.54, 1.807) is 7.11 Å². The molecule has 1 aliphatic rings. The van der Waals surface area contributed by atoms with E-state index in [4.69, 9.17) is 22.1 Å². The molecule has 3 N–H and O–H groups in total. The summed E-state index contributed by atoms with van der Waals surface area (Å²) < 4.78 is 5.39. The van der Waals surface area contributed by atoms with Gasteiger partial charge >= 0.3 is 0 Å². The fourth-order valence-electron chi connectivity index (χ4n) is 2.03. The SMILES string of the molecule is COC1CCCC1Nc1nc(Cl)ncc1N. The van der Waals surface area contributed by atoms with Gasteiger partial charge in [-0.25, -0.2) is 4.98 Å². The van der Waals surface area contributed by atoms with Crippen LogP contribution in [-0.2, 0) is 4.74 Å². The van der Waals surface area contributed by atoms with Gasteiger partial charge < -0.3 is 15.8 Å². The highest BCUT2D eigenvalue weighted by atomic mass is 35.5. The molecule has 5 nitrogen and oxygen atoms in total. The molecule has 0 aliphatic heterocycles. The minimum absolute atomic E-state index is 0.198. The van der Waals surface area contributed by atoms with Crippen LogP contribution in [0.2, 0.25) is 5.28 Å². The Morgan fingerprint density at radius 2 is 2.38 bits per heavy atom. The summed E-state index contributed by atoms with van der Waals surface area (Å²) in [6.07, 6.45) is 4.99. The first kappa shape index (κ1) is 11.4. The Bertz CT molecular complexity index is 374. The molecule has 16 heavy (non-hydrogen) atoms. The number of halogens is 1. The molecule has 1 aromatic heterocycles. The Kier molecular flexibility index (Phi) is 3.46. The molecular formula is C10H15ClN4O. The van der Waals surface area contributed by atoms with Crippen LogP contribution < -0.4 is 11.1 Å². The maximum atomic E-state index is 5.77. The Morgan fingerprint density at radius 3 is 3.12 bits per heavy atom. The summed E-state index contributed by atoms with van der Waals surface area (Å²) >= 11 is 5.72. The van der Waals surface area contributed by atoms with Crippen LogP contribution in [0.5, 0.6) is 0 Å². The Morgan fingerprint density at radius 1 is 1.56 bits per heavy atom. The lowest BCUT2D eigenvalue weighted by atomic mass is 10.2. The molecule has 6 heteroatoms. The van der Waals surface area contributed by atoms with E-state index in [2.05, 4.69) is 15.3 Å². The zero-order valence-corrected chi connectivity index (χ0v) is 9.87. The highest BCUT2D eigenvalue weighted by molar-refractivity contribution is 6.28. The summed E-state index contributed by atoms with van der Waals surface area (Å²) in [4.78, 5) is 7.88. The molecule has 1 heterocycles. The number of anilines is 2. The zero-order valence-electron chi connectivity index (χ0n) is 9.11. The van der Waals surface area contributed by atoms with Crippen molar-refractivity contribution < 1.29 is 4.74 Å². The van der Waals surface area contributed by atoms with Gasteiger partial charge in [0.1, 0.15) is 0 Å². The van der Waals surface area contributed by atoms with Crippen molar-refractivity contribution in [3.63, 3.8) is 0 Å². The Labute approximate surface area is 99.4 Å². The van der Waals surface area contributed by atoms with Crippen molar-refractivity contribution in [2.45, 2.75) is 31.4 Å². The lowest BCUT2D eigenvalue weighted by Crippen LogP contribution is -2.30. The Hall–Kier alpha value is -1.07. The summed E-state index contributed by atoms with van der Waals surface area (Å²) in [5, 5.41) is 3.46. The first-order valence-electron chi connectivity index (χ1n) is 5.28. The van der Waals surface area contributed by atoms with E-state index in [0.717, 1.165) is 19.3 Å². The monoisotopic (exact) mass is 242 g/mol. The summed E-state index contributed by atoms with van der Waals surface area (Å²) in [6.45, 7) is 0. The van der Waals surface area contributed by atoms with Crippen molar-refractivity contribution >= 4 is 23.1 Å². The smallest absolute Gasteiger partial charge is 0.224 e. The van der Waals surface area contributed by atoms with Crippen LogP contribution in [0, 0.1) is 0 Å². The predicted molar refractivity (Wildman–Crippen MR) is 63.5 cm³/mol. The number of nitrogen functional groups attached to an aromatic ring is 1. The van der Waals surface area contributed by atoms with Gasteiger partial charge in [-0.1, -0.05) is 0 Å². The highest BCUT2D eigenvalue weighted by Gasteiger charge is 2.27. The average Bonchev–Trinajstić information content (AvgIpc) is 2.71. The molecule has 1 fully saturated rings. The molecule has 1 aromatic rings. The summed E-state index contributed by atoms with van der Waals surface area (Å²) in [5.41, 5.74) is 6.27. The summed E-state index contributed by atoms with van der Waals surface area (Å²) in [7, 11) is 1.72. The van der Waals surface area contributed by atoms with Crippen molar-refractivity contribution in [1.82, 2.24) is 9.97 Å². The minimum Gasteiger partial charge on any atom is -0.394 e. The molecule has 0 radical (unpaired) electrons. The van der Waals surface area contributed by atoms with E-state index in [9.17, 15) is 0 Å². The van der Waals surface area contributed by atoms with Gasteiger partial charge in [-0.2, -0.15) is 4.98 Å². The molecule has 1 saturated carbocycles. The van der Waals surface area contributed by atoms with E-state index in [-0.39, 0.29) is 17.4 Å². The van der Waals surface area contributed by atoms with Crippen LogP contribution in [0.4, 0.5) is 11.5 Å². The quantitative estimate of drug-likeness (QED) is 0.790. The van der Waals surface area contributed by atoms with Crippen molar-refractivity contribution in [1.29, 1.82) is 0 Å². The van der Waals surface area contributed by atoms with Crippen LogP contribution in [0.15, 0.2) is 6.20 Å². The molecule has 0 amide bonds. The fraction of sp³-hybridized carbons (Fsp3) is 0.600. The maximum absolute atomic E-state index is 5.77. The molecule has 1 aliphatic carbocycles. The van der Waals surface area contributed by atoms with Gasteiger partial charge in [-0.3, -0.25) is 0 Å². The van der Waals surface area contributed by atoms with Crippen molar-refractivity contribution in [2.75, 3.05) is 18.2 Å². The number of rotatable bonds is 3. The first-order chi connectivity index (χ1) is 7.70. The van der Waals surface area contributed by atoms with Gasteiger partial charge in [0, 0.05) is 7.11 Å². The highest BCUT2D eigenvalue weighted by Crippen LogP contribution is 2.26. The molecule has 0 aromatic carbocycles. The van der Waals surface area contributed by atoms with Gasteiger partial charge in [-0.05, 0) is 30.9 Å². The van der Waals surface area contributed by atoms with Gasteiger partial charge in [0.05, 0.1) is 24.0 Å². The van der Waals surface area contributed by atoms with Crippen LogP contribution in [0.1, 0.15) is 19.3 Å². The third-order valence-electron chi connectivity index (χ3n) is 2.87. The van der Waals surface area contributed by atoms with Crippen molar-refractivity contribution in [2.24, 2.45) is 0 Å².